The quantitative estimate of drug-likeness (QED) is 0.0719. The van der Waals surface area contributed by atoms with E-state index in [0.29, 0.717) is 0 Å². The minimum absolute atomic E-state index is 0.0470. The van der Waals surface area contributed by atoms with Crippen molar-refractivity contribution in [3.63, 3.8) is 0 Å². The highest BCUT2D eigenvalue weighted by atomic mass is 16.6. The van der Waals surface area contributed by atoms with Gasteiger partial charge in [0, 0.05) is 25.7 Å². The number of hydrogen-bond donors (Lipinski definition) is 2. The summed E-state index contributed by atoms with van der Waals surface area (Å²) in [4.78, 5) is 91.3. The molecule has 0 aliphatic carbocycles. The molecule has 0 saturated heterocycles. The van der Waals surface area contributed by atoms with Crippen molar-refractivity contribution in [1.82, 2.24) is 10.6 Å². The minimum atomic E-state index is -0.593. The number of amides is 2. The first-order valence-corrected chi connectivity index (χ1v) is 18.1. The Bertz CT molecular complexity index is 1060. The number of rotatable bonds is 40. The zero-order valence-electron chi connectivity index (χ0n) is 32.7. The Kier molecular flexibility index (Phi) is 32.9. The molecule has 0 aromatic carbocycles. The van der Waals surface area contributed by atoms with Gasteiger partial charge in [-0.05, 0) is 27.7 Å². The third kappa shape index (κ3) is 37.3. The zero-order chi connectivity index (χ0) is 41.1. The van der Waals surface area contributed by atoms with E-state index in [4.69, 9.17) is 42.6 Å². The summed E-state index contributed by atoms with van der Waals surface area (Å²) in [5.41, 5.74) is 0. The normalized spacial score (nSPS) is 12.1. The molecule has 2 N–H and O–H groups in total. The monoisotopic (exact) mass is 792 g/mol. The molecule has 0 rings (SSSR count). The molecule has 0 spiro atoms. The minimum Gasteiger partial charge on any atom is -0.376 e. The Labute approximate surface area is 322 Å². The summed E-state index contributed by atoms with van der Waals surface area (Å²) in [6.07, 6.45) is -0.670. The second kappa shape index (κ2) is 35.0. The molecule has 55 heavy (non-hydrogen) atoms. The van der Waals surface area contributed by atoms with Crippen LogP contribution in [0.25, 0.3) is 0 Å². The van der Waals surface area contributed by atoms with Gasteiger partial charge in [0.2, 0.25) is 11.8 Å². The Morgan fingerprint density at radius 2 is 0.709 bits per heavy atom. The fourth-order valence-corrected chi connectivity index (χ4v) is 3.86. The number of carbonyl (C=O) groups excluding carboxylic acids is 8. The van der Waals surface area contributed by atoms with Crippen LogP contribution in [0.15, 0.2) is 0 Å². The Morgan fingerprint density at radius 1 is 0.382 bits per heavy atom. The molecule has 0 fully saturated rings. The summed E-state index contributed by atoms with van der Waals surface area (Å²) in [5, 5.41) is 4.84. The van der Waals surface area contributed by atoms with E-state index in [0.717, 1.165) is 0 Å². The van der Waals surface area contributed by atoms with Crippen LogP contribution in [0.3, 0.4) is 0 Å². The topological polar surface area (TPSA) is 244 Å². The average Bonchev–Trinajstić information content (AvgIpc) is 3.13. The molecule has 2 amide bonds. The van der Waals surface area contributed by atoms with Gasteiger partial charge in [-0.2, -0.15) is 0 Å². The molecule has 316 valence electrons. The maximum absolute atomic E-state index is 11.9. The van der Waals surface area contributed by atoms with Gasteiger partial charge in [-0.3, -0.25) is 28.8 Å². The van der Waals surface area contributed by atoms with E-state index < -0.39 is 24.0 Å². The second-order valence-electron chi connectivity index (χ2n) is 12.3. The summed E-state index contributed by atoms with van der Waals surface area (Å²) in [6, 6.07) is 0. The second-order valence-corrected chi connectivity index (χ2v) is 12.3. The molecule has 2 unspecified atom stereocenters. The molecule has 19 nitrogen and oxygen atoms in total. The Balaban J connectivity index is 4.98. The number of nitrogens with one attached hydrogen (secondary N) is 2. The molecule has 19 heteroatoms. The molecular weight excluding hydrogens is 732 g/mol. The number of ketones is 6. The molecule has 0 aromatic heterocycles. The van der Waals surface area contributed by atoms with Crippen LogP contribution in [-0.2, 0) is 81.0 Å². The van der Waals surface area contributed by atoms with E-state index in [1.165, 1.54) is 27.7 Å². The van der Waals surface area contributed by atoms with E-state index in [1.807, 2.05) is 0 Å². The van der Waals surface area contributed by atoms with Gasteiger partial charge in [0.15, 0.2) is 11.6 Å². The zero-order valence-corrected chi connectivity index (χ0v) is 32.7. The van der Waals surface area contributed by atoms with Gasteiger partial charge in [0.25, 0.3) is 0 Å². The lowest BCUT2D eigenvalue weighted by Crippen LogP contribution is -2.33. The highest BCUT2D eigenvalue weighted by molar-refractivity contribution is 5.86. The van der Waals surface area contributed by atoms with Crippen molar-refractivity contribution in [2.75, 3.05) is 119 Å². The van der Waals surface area contributed by atoms with Crippen LogP contribution in [0, 0.1) is 0 Å². The highest BCUT2D eigenvalue weighted by Crippen LogP contribution is 2.02. The third-order valence-electron chi connectivity index (χ3n) is 6.69. The molecule has 0 radical (unpaired) electrons. The molecule has 2 atom stereocenters. The predicted octanol–water partition coefficient (Wildman–Crippen LogP) is -0.840. The summed E-state index contributed by atoms with van der Waals surface area (Å²) in [5.74, 6) is -1.80. The lowest BCUT2D eigenvalue weighted by atomic mass is 10.2. The molecule has 0 aliphatic heterocycles. The highest BCUT2D eigenvalue weighted by Gasteiger charge is 2.16. The number of carbonyl (C=O) groups is 8. The van der Waals surface area contributed by atoms with Crippen LogP contribution in [0.2, 0.25) is 0 Å². The summed E-state index contributed by atoms with van der Waals surface area (Å²) < 4.78 is 50.2. The van der Waals surface area contributed by atoms with Gasteiger partial charge < -0.3 is 62.9 Å². The van der Waals surface area contributed by atoms with E-state index in [2.05, 4.69) is 10.6 Å². The first kappa shape index (κ1) is 51.6. The van der Waals surface area contributed by atoms with Crippen LogP contribution in [0.4, 0.5) is 0 Å². The standard InChI is InChI=1S/C36H60N2O17/c1-27(39)5-7-31(43)19-47-13-15-54-33(21-49-9-11-51-25-35(45)37-17-29(3)41)23-53-24-34(55-16-14-48-20-32(44)8-6-28(2)40)22-50-10-12-52-26-36(46)38-18-30(4)42/h33-34H,5-26H2,1-4H3,(H,37,45)(H,38,46). The maximum Gasteiger partial charge on any atom is 0.246 e. The van der Waals surface area contributed by atoms with Gasteiger partial charge in [-0.25, -0.2) is 0 Å². The first-order chi connectivity index (χ1) is 26.3. The van der Waals surface area contributed by atoms with Crippen LogP contribution in [-0.4, -0.2) is 178 Å². The number of Topliss-reactive ketones (excluding diaryl/α,β-unsaturated/α-hetero) is 6. The van der Waals surface area contributed by atoms with Gasteiger partial charge in [-0.1, -0.05) is 0 Å². The van der Waals surface area contributed by atoms with E-state index in [9.17, 15) is 38.4 Å². The van der Waals surface area contributed by atoms with Gasteiger partial charge in [0.05, 0.1) is 92.4 Å². The van der Waals surface area contributed by atoms with Crippen molar-refractivity contribution in [3.8, 4) is 0 Å². The Hall–Kier alpha value is -3.40. The van der Waals surface area contributed by atoms with Crippen molar-refractivity contribution < 1.29 is 81.0 Å². The van der Waals surface area contributed by atoms with Crippen molar-refractivity contribution in [1.29, 1.82) is 0 Å². The summed E-state index contributed by atoms with van der Waals surface area (Å²) in [7, 11) is 0. The summed E-state index contributed by atoms with van der Waals surface area (Å²) in [6.45, 7) is 5.64. The molecule has 0 aliphatic rings. The lowest BCUT2D eigenvalue weighted by Gasteiger charge is -2.22. The van der Waals surface area contributed by atoms with Crippen molar-refractivity contribution >= 4 is 46.5 Å². The molecule has 0 bridgehead atoms. The Morgan fingerprint density at radius 3 is 1.07 bits per heavy atom. The van der Waals surface area contributed by atoms with E-state index in [-0.39, 0.29) is 179 Å². The number of ether oxygens (including phenoxy) is 9. The predicted molar refractivity (Wildman–Crippen MR) is 192 cm³/mol. The molecular formula is C36H60N2O17. The lowest BCUT2D eigenvalue weighted by molar-refractivity contribution is -0.131. The van der Waals surface area contributed by atoms with Gasteiger partial charge >= 0.3 is 0 Å². The third-order valence-corrected chi connectivity index (χ3v) is 6.69. The molecule has 0 heterocycles. The van der Waals surface area contributed by atoms with Crippen molar-refractivity contribution in [2.24, 2.45) is 0 Å². The fourth-order valence-electron chi connectivity index (χ4n) is 3.86. The van der Waals surface area contributed by atoms with E-state index >= 15 is 0 Å². The largest absolute Gasteiger partial charge is 0.376 e. The average molecular weight is 793 g/mol. The SMILES string of the molecule is CC(=O)CCC(=O)COCCOC(COCCOCC(=O)NCC(C)=O)COCC(COCCOCC(=O)NCC(C)=O)OCCOCC(=O)CCC(C)=O. The van der Waals surface area contributed by atoms with Crippen LogP contribution < -0.4 is 10.6 Å². The molecule has 0 aromatic rings. The smallest absolute Gasteiger partial charge is 0.246 e. The van der Waals surface area contributed by atoms with Crippen LogP contribution >= 0.6 is 0 Å². The van der Waals surface area contributed by atoms with Crippen molar-refractivity contribution in [3.05, 3.63) is 0 Å². The van der Waals surface area contributed by atoms with E-state index in [1.54, 1.807) is 0 Å². The van der Waals surface area contributed by atoms with Crippen molar-refractivity contribution in [2.45, 2.75) is 65.6 Å². The van der Waals surface area contributed by atoms with Crippen LogP contribution in [0.1, 0.15) is 53.4 Å². The van der Waals surface area contributed by atoms with Gasteiger partial charge in [0.1, 0.15) is 61.8 Å². The van der Waals surface area contributed by atoms with Crippen LogP contribution in [0.5, 0.6) is 0 Å². The maximum atomic E-state index is 11.9. The first-order valence-electron chi connectivity index (χ1n) is 18.1. The summed E-state index contributed by atoms with van der Waals surface area (Å²) >= 11 is 0. The van der Waals surface area contributed by atoms with Gasteiger partial charge in [-0.15, -0.1) is 0 Å². The molecule has 0 saturated carbocycles. The number of hydrogen-bond acceptors (Lipinski definition) is 17. The fraction of sp³-hybridized carbons (Fsp3) is 0.778.